The second-order valence-corrected chi connectivity index (χ2v) is 6.74. The van der Waals surface area contributed by atoms with Crippen LogP contribution in [0.4, 0.5) is 8.78 Å². The second kappa shape index (κ2) is 7.95. The maximum Gasteiger partial charge on any atom is 0.274 e. The van der Waals surface area contributed by atoms with Crippen molar-refractivity contribution >= 4 is 5.91 Å². The second-order valence-electron chi connectivity index (χ2n) is 6.74. The minimum absolute atomic E-state index is 0.0954. The van der Waals surface area contributed by atoms with Crippen LogP contribution in [0.15, 0.2) is 24.3 Å². The average Bonchev–Trinajstić information content (AvgIpc) is 3.08. The molecule has 0 spiro atoms. The zero-order valence-electron chi connectivity index (χ0n) is 15.0. The Kier molecular flexibility index (Phi) is 5.66. The summed E-state index contributed by atoms with van der Waals surface area (Å²) >= 11 is 0. The molecule has 2 aromatic rings. The van der Waals surface area contributed by atoms with E-state index in [2.05, 4.69) is 10.2 Å². The molecule has 0 radical (unpaired) electrons. The van der Waals surface area contributed by atoms with E-state index >= 15 is 0 Å². The Balaban J connectivity index is 1.87. The van der Waals surface area contributed by atoms with Crippen LogP contribution in [0, 0.1) is 18.6 Å². The number of aromatic nitrogens is 2. The molecule has 1 heterocycles. The number of hydrogen-bond donors (Lipinski definition) is 1. The molecule has 1 amide bonds. The van der Waals surface area contributed by atoms with Crippen LogP contribution >= 0.6 is 0 Å². The lowest BCUT2D eigenvalue weighted by atomic mass is 9.91. The fourth-order valence-electron chi connectivity index (χ4n) is 3.49. The van der Waals surface area contributed by atoms with Crippen LogP contribution < -0.4 is 0 Å². The van der Waals surface area contributed by atoms with Crippen LogP contribution in [0.1, 0.15) is 47.4 Å². The predicted octanol–water partition coefficient (Wildman–Crippen LogP) is 3.60. The first-order chi connectivity index (χ1) is 12.5. The van der Waals surface area contributed by atoms with Gasteiger partial charge in [-0.25, -0.2) is 8.78 Å². The number of rotatable bonds is 5. The van der Waals surface area contributed by atoms with E-state index in [0.29, 0.717) is 0 Å². The standard InChI is InChI=1S/C19H23F2N3O2/c1-12-10-18(23-22-12)19(25)24(13-6-8-14(26-2)9-7-13)11-15-16(20)4-3-5-17(15)21/h3-5,10,13-14H,6-9,11H2,1-2H3,(H,22,23). The first kappa shape index (κ1) is 18.5. The molecular weight excluding hydrogens is 340 g/mol. The van der Waals surface area contributed by atoms with E-state index in [1.165, 1.54) is 18.2 Å². The van der Waals surface area contributed by atoms with E-state index in [9.17, 15) is 13.6 Å². The van der Waals surface area contributed by atoms with Crippen molar-refractivity contribution in [1.29, 1.82) is 0 Å². The number of nitrogens with one attached hydrogen (secondary N) is 1. The van der Waals surface area contributed by atoms with Crippen LogP contribution in [-0.2, 0) is 11.3 Å². The van der Waals surface area contributed by atoms with Gasteiger partial charge < -0.3 is 9.64 Å². The van der Waals surface area contributed by atoms with Crippen molar-refractivity contribution in [3.63, 3.8) is 0 Å². The summed E-state index contributed by atoms with van der Waals surface area (Å²) in [7, 11) is 1.68. The number of amides is 1. The molecule has 140 valence electrons. The Bertz CT molecular complexity index is 750. The molecule has 0 unspecified atom stereocenters. The van der Waals surface area contributed by atoms with Crippen LogP contribution in [0.25, 0.3) is 0 Å². The molecule has 1 aromatic heterocycles. The Morgan fingerprint density at radius 2 is 1.92 bits per heavy atom. The average molecular weight is 363 g/mol. The fraction of sp³-hybridized carbons (Fsp3) is 0.474. The molecule has 1 aliphatic carbocycles. The molecule has 0 saturated heterocycles. The van der Waals surface area contributed by atoms with Crippen molar-refractivity contribution in [2.24, 2.45) is 0 Å². The lowest BCUT2D eigenvalue weighted by molar-refractivity contribution is 0.0306. The summed E-state index contributed by atoms with van der Waals surface area (Å²) in [5.41, 5.74) is 0.920. The van der Waals surface area contributed by atoms with E-state index in [4.69, 9.17) is 4.74 Å². The number of hydrogen-bond acceptors (Lipinski definition) is 3. The van der Waals surface area contributed by atoms with Gasteiger partial charge in [0.15, 0.2) is 0 Å². The van der Waals surface area contributed by atoms with Crippen molar-refractivity contribution in [3.05, 3.63) is 52.9 Å². The largest absolute Gasteiger partial charge is 0.381 e. The van der Waals surface area contributed by atoms with E-state index in [1.807, 2.05) is 0 Å². The van der Waals surface area contributed by atoms with Gasteiger partial charge in [0.05, 0.1) is 12.6 Å². The zero-order valence-corrected chi connectivity index (χ0v) is 15.0. The lowest BCUT2D eigenvalue weighted by Gasteiger charge is -2.36. The summed E-state index contributed by atoms with van der Waals surface area (Å²) in [5, 5.41) is 6.77. The number of nitrogens with zero attached hydrogens (tertiary/aromatic N) is 2. The minimum Gasteiger partial charge on any atom is -0.381 e. The highest BCUT2D eigenvalue weighted by Crippen LogP contribution is 2.28. The van der Waals surface area contributed by atoms with Gasteiger partial charge in [0, 0.05) is 24.4 Å². The lowest BCUT2D eigenvalue weighted by Crippen LogP contribution is -2.43. The van der Waals surface area contributed by atoms with Gasteiger partial charge in [-0.05, 0) is 50.8 Å². The van der Waals surface area contributed by atoms with Crippen LogP contribution in [-0.4, -0.2) is 40.3 Å². The number of benzene rings is 1. The SMILES string of the molecule is COC1CCC(N(Cc2c(F)cccc2F)C(=O)c2cc(C)[nH]n2)CC1. The Hall–Kier alpha value is -2.28. The maximum atomic E-state index is 14.1. The summed E-state index contributed by atoms with van der Waals surface area (Å²) in [6.07, 6.45) is 3.24. The highest BCUT2D eigenvalue weighted by molar-refractivity contribution is 5.92. The third-order valence-electron chi connectivity index (χ3n) is 4.99. The summed E-state index contributed by atoms with van der Waals surface area (Å²) < 4.78 is 33.7. The fourth-order valence-corrected chi connectivity index (χ4v) is 3.49. The van der Waals surface area contributed by atoms with Gasteiger partial charge in [0.1, 0.15) is 17.3 Å². The summed E-state index contributed by atoms with van der Waals surface area (Å²) in [4.78, 5) is 14.5. The quantitative estimate of drug-likeness (QED) is 0.883. The molecule has 26 heavy (non-hydrogen) atoms. The highest BCUT2D eigenvalue weighted by Gasteiger charge is 2.31. The third kappa shape index (κ3) is 3.93. The molecule has 1 fully saturated rings. The number of ether oxygens (including phenoxy) is 1. The number of aryl methyl sites for hydroxylation is 1. The molecule has 0 atom stereocenters. The normalized spacial score (nSPS) is 20.2. The molecule has 1 N–H and O–H groups in total. The van der Waals surface area contributed by atoms with Gasteiger partial charge in [-0.3, -0.25) is 9.89 Å². The smallest absolute Gasteiger partial charge is 0.274 e. The Labute approximate surface area is 151 Å². The molecule has 5 nitrogen and oxygen atoms in total. The topological polar surface area (TPSA) is 58.2 Å². The third-order valence-corrected chi connectivity index (χ3v) is 4.99. The monoisotopic (exact) mass is 363 g/mol. The molecule has 7 heteroatoms. The molecule has 1 aromatic carbocycles. The Morgan fingerprint density at radius 3 is 2.46 bits per heavy atom. The van der Waals surface area contributed by atoms with Crippen molar-refractivity contribution in [2.45, 2.75) is 51.3 Å². The van der Waals surface area contributed by atoms with Gasteiger partial charge in [0.25, 0.3) is 5.91 Å². The zero-order chi connectivity index (χ0) is 18.7. The van der Waals surface area contributed by atoms with Gasteiger partial charge in [0.2, 0.25) is 0 Å². The molecule has 0 bridgehead atoms. The summed E-state index contributed by atoms with van der Waals surface area (Å²) in [6.45, 7) is 1.68. The van der Waals surface area contributed by atoms with E-state index in [-0.39, 0.29) is 35.9 Å². The van der Waals surface area contributed by atoms with Crippen molar-refractivity contribution < 1.29 is 18.3 Å². The Morgan fingerprint density at radius 1 is 1.27 bits per heavy atom. The number of carbonyl (C=O) groups is 1. The van der Waals surface area contributed by atoms with Crippen molar-refractivity contribution in [3.8, 4) is 0 Å². The number of halogens is 2. The molecule has 1 saturated carbocycles. The molecular formula is C19H23F2N3O2. The van der Waals surface area contributed by atoms with Crippen LogP contribution in [0.3, 0.4) is 0 Å². The number of carbonyl (C=O) groups excluding carboxylic acids is 1. The highest BCUT2D eigenvalue weighted by atomic mass is 19.1. The van der Waals surface area contributed by atoms with Gasteiger partial charge in [-0.1, -0.05) is 6.07 Å². The van der Waals surface area contributed by atoms with Gasteiger partial charge in [-0.15, -0.1) is 0 Å². The minimum atomic E-state index is -0.647. The maximum absolute atomic E-state index is 14.1. The first-order valence-electron chi connectivity index (χ1n) is 8.78. The molecule has 3 rings (SSSR count). The summed E-state index contributed by atoms with van der Waals surface area (Å²) in [6, 6.07) is 5.28. The van der Waals surface area contributed by atoms with Crippen LogP contribution in [0.2, 0.25) is 0 Å². The van der Waals surface area contributed by atoms with E-state index < -0.39 is 11.6 Å². The predicted molar refractivity (Wildman–Crippen MR) is 92.6 cm³/mol. The van der Waals surface area contributed by atoms with Crippen molar-refractivity contribution in [2.75, 3.05) is 7.11 Å². The van der Waals surface area contributed by atoms with E-state index in [0.717, 1.165) is 31.4 Å². The summed E-state index contributed by atoms with van der Waals surface area (Å²) in [5.74, 6) is -1.61. The van der Waals surface area contributed by atoms with Gasteiger partial charge >= 0.3 is 0 Å². The molecule has 0 aliphatic heterocycles. The number of H-pyrrole nitrogens is 1. The first-order valence-corrected chi connectivity index (χ1v) is 8.78. The number of methoxy groups -OCH3 is 1. The van der Waals surface area contributed by atoms with E-state index in [1.54, 1.807) is 25.0 Å². The number of aromatic amines is 1. The van der Waals surface area contributed by atoms with Crippen LogP contribution in [0.5, 0.6) is 0 Å². The molecule has 1 aliphatic rings. The van der Waals surface area contributed by atoms with Crippen molar-refractivity contribution in [1.82, 2.24) is 15.1 Å². The van der Waals surface area contributed by atoms with Gasteiger partial charge in [-0.2, -0.15) is 5.10 Å².